The van der Waals surface area contributed by atoms with Crippen LogP contribution >= 0.6 is 11.6 Å². The Balaban J connectivity index is 1.77. The molecule has 2 N–H and O–H groups in total. The third-order valence-corrected chi connectivity index (χ3v) is 4.91. The van der Waals surface area contributed by atoms with Gasteiger partial charge < -0.3 is 9.73 Å². The lowest BCUT2D eigenvalue weighted by molar-refractivity contribution is 0.0996. The molecule has 2 aromatic rings. The molecule has 1 aliphatic rings. The number of halogens is 1. The first-order valence-electron chi connectivity index (χ1n) is 7.17. The maximum absolute atomic E-state index is 12.4. The van der Waals surface area contributed by atoms with Crippen LogP contribution in [0.25, 0.3) is 0 Å². The zero-order chi connectivity index (χ0) is 17.2. The molecule has 1 amide bonds. The molecule has 0 saturated carbocycles. The minimum Gasteiger partial charge on any atom is -0.440 e. The van der Waals surface area contributed by atoms with Crippen LogP contribution in [0, 0.1) is 0 Å². The van der Waals surface area contributed by atoms with Gasteiger partial charge in [-0.1, -0.05) is 6.07 Å². The average molecular weight is 368 g/mol. The van der Waals surface area contributed by atoms with Crippen molar-refractivity contribution in [2.24, 2.45) is 4.99 Å². The Labute approximate surface area is 143 Å². The van der Waals surface area contributed by atoms with Crippen molar-refractivity contribution >= 4 is 39.1 Å². The van der Waals surface area contributed by atoms with Gasteiger partial charge in [-0.3, -0.25) is 14.5 Å². The molecule has 0 atom stereocenters. The molecule has 1 aliphatic heterocycles. The van der Waals surface area contributed by atoms with Gasteiger partial charge in [-0.2, -0.15) is 0 Å². The molecule has 1 aromatic carbocycles. The van der Waals surface area contributed by atoms with E-state index in [9.17, 15) is 13.2 Å². The smallest absolute Gasteiger partial charge is 0.291 e. The van der Waals surface area contributed by atoms with Crippen LogP contribution < -0.4 is 10.0 Å². The molecule has 24 heavy (non-hydrogen) atoms. The second-order valence-corrected chi connectivity index (χ2v) is 7.18. The van der Waals surface area contributed by atoms with Gasteiger partial charge in [0.1, 0.15) is 5.84 Å². The molecule has 2 heterocycles. The van der Waals surface area contributed by atoms with Crippen molar-refractivity contribution in [3.05, 3.63) is 47.4 Å². The van der Waals surface area contributed by atoms with Crippen LogP contribution in [0.4, 0.5) is 5.69 Å². The van der Waals surface area contributed by atoms with Crippen LogP contribution in [0.1, 0.15) is 23.4 Å². The number of nitrogens with one attached hydrogen (secondary N) is 2. The normalized spacial score (nSPS) is 14.3. The molecule has 0 fully saturated rings. The molecule has 7 nitrogen and oxygen atoms in total. The summed E-state index contributed by atoms with van der Waals surface area (Å²) < 4.78 is 32.2. The van der Waals surface area contributed by atoms with Gasteiger partial charge in [-0.15, -0.1) is 0 Å². The van der Waals surface area contributed by atoms with Crippen molar-refractivity contribution in [2.45, 2.75) is 17.7 Å². The van der Waals surface area contributed by atoms with Crippen LogP contribution in [0.15, 0.2) is 50.7 Å². The summed E-state index contributed by atoms with van der Waals surface area (Å²) >= 11 is 5.63. The summed E-state index contributed by atoms with van der Waals surface area (Å²) in [6.45, 7) is 0.625. The van der Waals surface area contributed by atoms with E-state index in [2.05, 4.69) is 15.0 Å². The van der Waals surface area contributed by atoms with Gasteiger partial charge in [0.25, 0.3) is 15.9 Å². The molecular formula is C15H14ClN3O4S. The molecule has 0 spiro atoms. The topological polar surface area (TPSA) is 101 Å². The standard InChI is InChI=1S/C15H14ClN3O4S/c16-13-7-6-12(23-13)15(20)18-10-3-1-4-11(9-10)24(21,22)19-14-5-2-8-17-14/h1,3-4,6-7,9H,2,5,8H2,(H,17,19)(H,18,20). The van der Waals surface area contributed by atoms with E-state index in [1.54, 1.807) is 6.07 Å². The Morgan fingerprint density at radius 1 is 1.25 bits per heavy atom. The van der Waals surface area contributed by atoms with Gasteiger partial charge in [0.15, 0.2) is 11.0 Å². The maximum Gasteiger partial charge on any atom is 0.291 e. The first-order valence-corrected chi connectivity index (χ1v) is 9.03. The van der Waals surface area contributed by atoms with Gasteiger partial charge >= 0.3 is 0 Å². The Kier molecular flexibility index (Phi) is 4.59. The summed E-state index contributed by atoms with van der Waals surface area (Å²) in [6.07, 6.45) is 1.44. The van der Waals surface area contributed by atoms with E-state index < -0.39 is 15.9 Å². The highest BCUT2D eigenvalue weighted by molar-refractivity contribution is 7.90. The second kappa shape index (κ2) is 6.66. The quantitative estimate of drug-likeness (QED) is 0.867. The molecule has 0 saturated heterocycles. The zero-order valence-electron chi connectivity index (χ0n) is 12.5. The number of carbonyl (C=O) groups excluding carboxylic acids is 1. The summed E-state index contributed by atoms with van der Waals surface area (Å²) in [5, 5.41) is 2.66. The number of furan rings is 1. The Hall–Kier alpha value is -2.32. The summed E-state index contributed by atoms with van der Waals surface area (Å²) in [6, 6.07) is 8.80. The molecule has 3 rings (SSSR count). The molecule has 1 aromatic heterocycles. The van der Waals surface area contributed by atoms with E-state index in [4.69, 9.17) is 16.0 Å². The number of hydrogen-bond acceptors (Lipinski definition) is 5. The summed E-state index contributed by atoms with van der Waals surface area (Å²) in [7, 11) is -3.74. The number of amidine groups is 1. The van der Waals surface area contributed by atoms with Crippen LogP contribution in [0.3, 0.4) is 0 Å². The number of carbonyl (C=O) groups is 1. The van der Waals surface area contributed by atoms with E-state index >= 15 is 0 Å². The van der Waals surface area contributed by atoms with Crippen LogP contribution in [0.2, 0.25) is 5.22 Å². The Morgan fingerprint density at radius 2 is 2.08 bits per heavy atom. The summed E-state index contributed by atoms with van der Waals surface area (Å²) in [5.41, 5.74) is 0.323. The van der Waals surface area contributed by atoms with Crippen LogP contribution in [0.5, 0.6) is 0 Å². The van der Waals surface area contributed by atoms with Crippen LogP contribution in [-0.2, 0) is 10.0 Å². The molecule has 126 valence electrons. The number of amides is 1. The van der Waals surface area contributed by atoms with Gasteiger partial charge in [0.05, 0.1) is 4.90 Å². The van der Waals surface area contributed by atoms with E-state index in [1.807, 2.05) is 0 Å². The molecular weight excluding hydrogens is 354 g/mol. The minimum atomic E-state index is -3.74. The first kappa shape index (κ1) is 16.5. The maximum atomic E-state index is 12.4. The number of hydrogen-bond donors (Lipinski definition) is 2. The van der Waals surface area contributed by atoms with Gasteiger partial charge in [0, 0.05) is 18.7 Å². The lowest BCUT2D eigenvalue weighted by atomic mass is 10.3. The van der Waals surface area contributed by atoms with Gasteiger partial charge in [-0.05, 0) is 48.4 Å². The van der Waals surface area contributed by atoms with Crippen LogP contribution in [-0.4, -0.2) is 26.7 Å². The lowest BCUT2D eigenvalue weighted by Crippen LogP contribution is -2.29. The fraction of sp³-hybridized carbons (Fsp3) is 0.200. The number of sulfonamides is 1. The van der Waals surface area contributed by atoms with Gasteiger partial charge in [0.2, 0.25) is 0 Å². The summed E-state index contributed by atoms with van der Waals surface area (Å²) in [4.78, 5) is 16.1. The number of aliphatic imine (C=N–C) groups is 1. The van der Waals surface area contributed by atoms with E-state index in [0.29, 0.717) is 24.5 Å². The zero-order valence-corrected chi connectivity index (χ0v) is 14.0. The second-order valence-electron chi connectivity index (χ2n) is 5.12. The SMILES string of the molecule is O=C(Nc1cccc(S(=O)(=O)NC2=NCCC2)c1)c1ccc(Cl)o1. The number of nitrogens with zero attached hydrogens (tertiary/aromatic N) is 1. The molecule has 0 radical (unpaired) electrons. The van der Waals surface area contributed by atoms with Crippen molar-refractivity contribution in [2.75, 3.05) is 11.9 Å². The largest absolute Gasteiger partial charge is 0.440 e. The molecule has 0 aliphatic carbocycles. The fourth-order valence-corrected chi connectivity index (χ4v) is 3.49. The van der Waals surface area contributed by atoms with Crippen molar-refractivity contribution in [3.8, 4) is 0 Å². The van der Waals surface area contributed by atoms with E-state index in [1.165, 1.54) is 30.3 Å². The third-order valence-electron chi connectivity index (χ3n) is 3.33. The van der Waals surface area contributed by atoms with Crippen molar-refractivity contribution < 1.29 is 17.6 Å². The van der Waals surface area contributed by atoms with E-state index in [-0.39, 0.29) is 15.9 Å². The molecule has 0 bridgehead atoms. The third kappa shape index (κ3) is 3.77. The van der Waals surface area contributed by atoms with Crippen molar-refractivity contribution in [3.63, 3.8) is 0 Å². The predicted octanol–water partition coefficient (Wildman–Crippen LogP) is 2.66. The molecule has 0 unspecified atom stereocenters. The fourth-order valence-electron chi connectivity index (χ4n) is 2.21. The minimum absolute atomic E-state index is 0.0340. The monoisotopic (exact) mass is 367 g/mol. The number of benzene rings is 1. The highest BCUT2D eigenvalue weighted by Gasteiger charge is 2.19. The van der Waals surface area contributed by atoms with Gasteiger partial charge in [-0.25, -0.2) is 8.42 Å². The Bertz CT molecular complexity index is 905. The van der Waals surface area contributed by atoms with Crippen molar-refractivity contribution in [1.82, 2.24) is 4.72 Å². The first-order chi connectivity index (χ1) is 11.4. The molecule has 9 heteroatoms. The average Bonchev–Trinajstić information content (AvgIpc) is 3.19. The summed E-state index contributed by atoms with van der Waals surface area (Å²) in [5.74, 6) is -0.0362. The predicted molar refractivity (Wildman–Crippen MR) is 90.0 cm³/mol. The van der Waals surface area contributed by atoms with E-state index in [0.717, 1.165) is 6.42 Å². The lowest BCUT2D eigenvalue weighted by Gasteiger charge is -2.09. The Morgan fingerprint density at radius 3 is 2.75 bits per heavy atom. The highest BCUT2D eigenvalue weighted by Crippen LogP contribution is 2.19. The highest BCUT2D eigenvalue weighted by atomic mass is 35.5. The van der Waals surface area contributed by atoms with Crippen molar-refractivity contribution in [1.29, 1.82) is 0 Å². The number of anilines is 1. The number of rotatable bonds is 4.